The molecule has 0 N–H and O–H groups in total. The minimum atomic E-state index is -5.79. The maximum absolute atomic E-state index is 12.8. The second-order valence-electron chi connectivity index (χ2n) is 7.91. The van der Waals surface area contributed by atoms with Crippen molar-refractivity contribution in [2.75, 3.05) is 0 Å². The smallest absolute Gasteiger partial charge is 0.376 e. The van der Waals surface area contributed by atoms with Crippen LogP contribution in [0.3, 0.4) is 0 Å². The fraction of sp³-hybridized carbons (Fsp3) is 0.0833. The van der Waals surface area contributed by atoms with Crippen LogP contribution >= 0.6 is 0 Å². The number of aryl methyl sites for hydroxylation is 1. The first-order valence-electron chi connectivity index (χ1n) is 9.91. The van der Waals surface area contributed by atoms with E-state index in [1.807, 2.05) is 37.3 Å². The molecular formula is C24H13F3N2O3S. The summed E-state index contributed by atoms with van der Waals surface area (Å²) in [6.07, 6.45) is 1.46. The van der Waals surface area contributed by atoms with Crippen LogP contribution in [-0.4, -0.2) is 23.9 Å². The van der Waals surface area contributed by atoms with Crippen LogP contribution in [0.4, 0.5) is 13.2 Å². The first-order valence-corrected chi connectivity index (χ1v) is 11.3. The Balaban J connectivity index is 1.78. The van der Waals surface area contributed by atoms with Gasteiger partial charge in [-0.25, -0.2) is 9.97 Å². The van der Waals surface area contributed by atoms with Crippen LogP contribution in [0.2, 0.25) is 0 Å². The van der Waals surface area contributed by atoms with Crippen LogP contribution in [0.5, 0.6) is 5.75 Å². The number of benzene rings is 5. The summed E-state index contributed by atoms with van der Waals surface area (Å²) < 4.78 is 66.0. The van der Waals surface area contributed by atoms with E-state index in [2.05, 4.69) is 20.2 Å². The van der Waals surface area contributed by atoms with Crippen molar-refractivity contribution in [1.82, 2.24) is 9.97 Å². The maximum Gasteiger partial charge on any atom is 0.534 e. The average molecular weight is 466 g/mol. The van der Waals surface area contributed by atoms with Crippen LogP contribution in [-0.2, 0) is 10.1 Å². The zero-order valence-electron chi connectivity index (χ0n) is 16.9. The summed E-state index contributed by atoms with van der Waals surface area (Å²) in [6.45, 7) is 2.00. The lowest BCUT2D eigenvalue weighted by atomic mass is 9.89. The van der Waals surface area contributed by atoms with Crippen LogP contribution in [0.25, 0.3) is 54.1 Å². The van der Waals surface area contributed by atoms with E-state index in [1.165, 1.54) is 24.5 Å². The zero-order chi connectivity index (χ0) is 23.1. The van der Waals surface area contributed by atoms with Crippen LogP contribution in [0.15, 0.2) is 60.9 Å². The van der Waals surface area contributed by atoms with Gasteiger partial charge in [0.25, 0.3) is 0 Å². The Morgan fingerprint density at radius 1 is 0.758 bits per heavy atom. The molecule has 1 heterocycles. The van der Waals surface area contributed by atoms with Crippen molar-refractivity contribution in [2.45, 2.75) is 12.4 Å². The normalized spacial score (nSPS) is 13.1. The molecule has 0 fully saturated rings. The van der Waals surface area contributed by atoms with E-state index in [1.54, 1.807) is 0 Å². The molecule has 0 saturated carbocycles. The molecule has 0 atom stereocenters. The highest BCUT2D eigenvalue weighted by atomic mass is 32.2. The Morgan fingerprint density at radius 2 is 1.36 bits per heavy atom. The number of rotatable bonds is 2. The molecule has 1 aromatic heterocycles. The first-order chi connectivity index (χ1) is 15.7. The summed E-state index contributed by atoms with van der Waals surface area (Å²) in [7, 11) is -5.79. The molecule has 164 valence electrons. The van der Waals surface area contributed by atoms with Gasteiger partial charge in [0.15, 0.2) is 0 Å². The Bertz CT molecular complexity index is 1870. The van der Waals surface area contributed by atoms with Crippen molar-refractivity contribution in [3.63, 3.8) is 0 Å². The van der Waals surface area contributed by atoms with E-state index < -0.39 is 21.4 Å². The molecule has 33 heavy (non-hydrogen) atoms. The van der Waals surface area contributed by atoms with Gasteiger partial charge in [0, 0.05) is 21.5 Å². The molecule has 0 saturated heterocycles. The van der Waals surface area contributed by atoms with Gasteiger partial charge in [-0.15, -0.1) is 0 Å². The maximum atomic E-state index is 12.8. The average Bonchev–Trinajstić information content (AvgIpc) is 2.77. The predicted octanol–water partition coefficient (Wildman–Crippen LogP) is 6.22. The Kier molecular flexibility index (Phi) is 3.87. The molecule has 6 aromatic rings. The van der Waals surface area contributed by atoms with Crippen LogP contribution in [0.1, 0.15) is 5.56 Å². The van der Waals surface area contributed by atoms with Crippen molar-refractivity contribution in [3.8, 4) is 5.75 Å². The summed E-state index contributed by atoms with van der Waals surface area (Å²) in [6, 6.07) is 15.8. The van der Waals surface area contributed by atoms with Gasteiger partial charge in [-0.1, -0.05) is 42.0 Å². The third kappa shape index (κ3) is 2.75. The summed E-state index contributed by atoms with van der Waals surface area (Å²) >= 11 is 0. The topological polar surface area (TPSA) is 69.2 Å². The van der Waals surface area contributed by atoms with E-state index in [0.29, 0.717) is 16.3 Å². The number of hydrogen-bond donors (Lipinski definition) is 0. The number of halogens is 3. The third-order valence-electron chi connectivity index (χ3n) is 5.91. The fourth-order valence-electron chi connectivity index (χ4n) is 4.57. The van der Waals surface area contributed by atoms with E-state index in [-0.39, 0.29) is 0 Å². The van der Waals surface area contributed by atoms with Gasteiger partial charge in [-0.2, -0.15) is 21.6 Å². The summed E-state index contributed by atoms with van der Waals surface area (Å²) in [5, 5.41) is 6.58. The second kappa shape index (κ2) is 6.41. The lowest BCUT2D eigenvalue weighted by Crippen LogP contribution is -2.28. The Morgan fingerprint density at radius 3 is 2.00 bits per heavy atom. The lowest BCUT2D eigenvalue weighted by Gasteiger charge is -2.17. The number of nitrogens with zero attached hydrogens (tertiary/aromatic N) is 2. The Hall–Kier alpha value is -3.72. The highest BCUT2D eigenvalue weighted by Gasteiger charge is 2.48. The number of fused-ring (bicyclic) bond motifs is 6. The minimum Gasteiger partial charge on any atom is -0.376 e. The van der Waals surface area contributed by atoms with Crippen molar-refractivity contribution in [2.24, 2.45) is 0 Å². The molecule has 6 rings (SSSR count). The molecule has 0 aliphatic heterocycles. The van der Waals surface area contributed by atoms with Crippen molar-refractivity contribution < 1.29 is 25.8 Å². The predicted molar refractivity (Wildman–Crippen MR) is 121 cm³/mol. The van der Waals surface area contributed by atoms with E-state index in [0.717, 1.165) is 43.4 Å². The van der Waals surface area contributed by atoms with Crippen LogP contribution in [0, 0.1) is 6.92 Å². The number of alkyl halides is 3. The van der Waals surface area contributed by atoms with Gasteiger partial charge in [-0.3, -0.25) is 0 Å². The summed E-state index contributed by atoms with van der Waals surface area (Å²) in [5.74, 6) is -0.423. The van der Waals surface area contributed by atoms with Gasteiger partial charge in [0.05, 0.1) is 11.0 Å². The molecule has 0 aliphatic rings. The van der Waals surface area contributed by atoms with E-state index in [9.17, 15) is 21.6 Å². The van der Waals surface area contributed by atoms with Crippen molar-refractivity contribution in [3.05, 3.63) is 66.5 Å². The number of aromatic nitrogens is 2. The quantitative estimate of drug-likeness (QED) is 0.131. The molecule has 0 bridgehead atoms. The molecule has 0 aliphatic carbocycles. The van der Waals surface area contributed by atoms with E-state index >= 15 is 0 Å². The molecule has 5 nitrogen and oxygen atoms in total. The first kappa shape index (κ1) is 19.9. The standard InChI is InChI=1S/C24H13F3N2O3S/c1-12-5-7-16-18(9-12)14-3-2-4-15-19-10-13(32-33(30,31)24(25,26)27)6-8-17(19)23-21(20(14)15)22(16)28-11-29-23/h2-11H,1H3. The van der Waals surface area contributed by atoms with Crippen molar-refractivity contribution in [1.29, 1.82) is 0 Å². The Labute approximate surface area is 184 Å². The van der Waals surface area contributed by atoms with E-state index in [4.69, 9.17) is 0 Å². The largest absolute Gasteiger partial charge is 0.534 e. The van der Waals surface area contributed by atoms with Crippen LogP contribution < -0.4 is 4.18 Å². The zero-order valence-corrected chi connectivity index (χ0v) is 17.8. The summed E-state index contributed by atoms with van der Waals surface area (Å²) in [4.78, 5) is 9.03. The van der Waals surface area contributed by atoms with Crippen molar-refractivity contribution >= 4 is 64.2 Å². The molecule has 9 heteroatoms. The molecule has 0 radical (unpaired) electrons. The second-order valence-corrected chi connectivity index (χ2v) is 9.45. The third-order valence-corrected chi connectivity index (χ3v) is 6.89. The highest BCUT2D eigenvalue weighted by molar-refractivity contribution is 7.88. The fourth-order valence-corrected chi connectivity index (χ4v) is 5.02. The highest BCUT2D eigenvalue weighted by Crippen LogP contribution is 2.44. The van der Waals surface area contributed by atoms with Gasteiger partial charge in [-0.05, 0) is 46.7 Å². The monoisotopic (exact) mass is 466 g/mol. The molecule has 0 unspecified atom stereocenters. The lowest BCUT2D eigenvalue weighted by molar-refractivity contribution is -0.0500. The van der Waals surface area contributed by atoms with Gasteiger partial charge < -0.3 is 4.18 Å². The SMILES string of the molecule is Cc1ccc2c(c1)c1cccc3c4cc(OS(=O)(=O)C(F)(F)F)ccc4c4ncnc2c4c13. The summed E-state index contributed by atoms with van der Waals surface area (Å²) in [5.41, 5.74) is -3.04. The minimum absolute atomic E-state index is 0.423. The van der Waals surface area contributed by atoms with Gasteiger partial charge in [0.1, 0.15) is 12.1 Å². The molecule has 5 aromatic carbocycles. The molecule has 0 spiro atoms. The van der Waals surface area contributed by atoms with Gasteiger partial charge >= 0.3 is 15.6 Å². The van der Waals surface area contributed by atoms with Gasteiger partial charge in [0.2, 0.25) is 0 Å². The molecular weight excluding hydrogens is 453 g/mol. The molecule has 0 amide bonds. The number of hydrogen-bond acceptors (Lipinski definition) is 5.